The summed E-state index contributed by atoms with van der Waals surface area (Å²) in [5, 5.41) is 0.990. The van der Waals surface area contributed by atoms with E-state index >= 15 is 0 Å². The van der Waals surface area contributed by atoms with Crippen LogP contribution < -0.4 is 0 Å². The first-order valence-corrected chi connectivity index (χ1v) is 5.52. The summed E-state index contributed by atoms with van der Waals surface area (Å²) in [5.41, 5.74) is 0.830. The lowest BCUT2D eigenvalue weighted by Gasteiger charge is -2.11. The van der Waals surface area contributed by atoms with Crippen LogP contribution in [0.4, 0.5) is 4.39 Å². The molecule has 0 saturated heterocycles. The maximum absolute atomic E-state index is 13.1. The Morgan fingerprint density at radius 2 is 2.12 bits per heavy atom. The Balaban J connectivity index is 2.19. The Hall–Kier alpha value is -1.84. The zero-order chi connectivity index (χ0) is 12.4. The highest BCUT2D eigenvalue weighted by atomic mass is 19.1. The monoisotopic (exact) mass is 234 g/mol. The fourth-order valence-electron chi connectivity index (χ4n) is 1.79. The van der Waals surface area contributed by atoms with E-state index in [9.17, 15) is 9.18 Å². The molecule has 0 saturated carbocycles. The van der Waals surface area contributed by atoms with E-state index < -0.39 is 0 Å². The normalized spacial score (nSPS) is 10.8. The Labute approximate surface area is 99.4 Å². The minimum absolute atomic E-state index is 0.0725. The number of nitrogens with zero attached hydrogens (tertiary/aromatic N) is 2. The molecule has 0 aliphatic carbocycles. The van der Waals surface area contributed by atoms with Gasteiger partial charge in [0.25, 0.3) is 0 Å². The van der Waals surface area contributed by atoms with Crippen molar-refractivity contribution in [2.45, 2.75) is 13.0 Å². The molecule has 2 rings (SSSR count). The Morgan fingerprint density at radius 3 is 2.82 bits per heavy atom. The number of hydrogen-bond acceptors (Lipinski definition) is 1. The third-order valence-electron chi connectivity index (χ3n) is 2.80. The van der Waals surface area contributed by atoms with Crippen LogP contribution in [-0.4, -0.2) is 29.5 Å². The first kappa shape index (κ1) is 11.6. The molecular weight excluding hydrogens is 219 g/mol. The second-order valence-corrected chi connectivity index (χ2v) is 4.25. The molecule has 90 valence electrons. The first-order chi connectivity index (χ1) is 8.08. The Kier molecular flexibility index (Phi) is 3.13. The van der Waals surface area contributed by atoms with E-state index in [0.29, 0.717) is 13.0 Å². The van der Waals surface area contributed by atoms with Crippen molar-refractivity contribution in [1.82, 2.24) is 9.47 Å². The number of amides is 1. The molecule has 0 aliphatic heterocycles. The van der Waals surface area contributed by atoms with Crippen LogP contribution in [0.2, 0.25) is 0 Å². The van der Waals surface area contributed by atoms with Crippen LogP contribution in [0.25, 0.3) is 10.9 Å². The average Bonchev–Trinajstić information content (AvgIpc) is 2.68. The lowest BCUT2D eigenvalue weighted by molar-refractivity contribution is -0.128. The summed E-state index contributed by atoms with van der Waals surface area (Å²) in [6.45, 7) is 0.573. The molecule has 0 radical (unpaired) electrons. The van der Waals surface area contributed by atoms with E-state index in [1.54, 1.807) is 25.1 Å². The molecule has 0 bridgehead atoms. The number of benzene rings is 1. The topological polar surface area (TPSA) is 25.2 Å². The van der Waals surface area contributed by atoms with Crippen molar-refractivity contribution in [1.29, 1.82) is 0 Å². The number of halogens is 1. The number of aromatic nitrogens is 1. The van der Waals surface area contributed by atoms with E-state index in [-0.39, 0.29) is 11.7 Å². The maximum Gasteiger partial charge on any atom is 0.223 e. The summed E-state index contributed by atoms with van der Waals surface area (Å²) < 4.78 is 15.0. The van der Waals surface area contributed by atoms with Gasteiger partial charge in [-0.2, -0.15) is 0 Å². The summed E-state index contributed by atoms with van der Waals surface area (Å²) in [7, 11) is 3.46. The number of carbonyl (C=O) groups excluding carboxylic acids is 1. The average molecular weight is 234 g/mol. The molecule has 1 heterocycles. The molecule has 1 aromatic heterocycles. The van der Waals surface area contributed by atoms with Crippen molar-refractivity contribution >= 4 is 16.8 Å². The van der Waals surface area contributed by atoms with Gasteiger partial charge in [-0.05, 0) is 29.7 Å². The minimum atomic E-state index is -0.253. The van der Waals surface area contributed by atoms with Gasteiger partial charge in [-0.25, -0.2) is 4.39 Å². The quantitative estimate of drug-likeness (QED) is 0.799. The smallest absolute Gasteiger partial charge is 0.223 e. The van der Waals surface area contributed by atoms with Gasteiger partial charge in [0.2, 0.25) is 5.91 Å². The molecule has 0 aliphatic rings. The molecule has 1 aromatic carbocycles. The predicted molar refractivity (Wildman–Crippen MR) is 65.2 cm³/mol. The van der Waals surface area contributed by atoms with Crippen LogP contribution in [0.1, 0.15) is 6.42 Å². The minimum Gasteiger partial charge on any atom is -0.349 e. The van der Waals surface area contributed by atoms with Crippen LogP contribution in [-0.2, 0) is 11.3 Å². The number of carbonyl (C=O) groups is 1. The molecule has 3 nitrogen and oxygen atoms in total. The standard InChI is InChI=1S/C13H15FN2O/c1-15(2)13(17)6-8-16-7-5-10-3-4-11(14)9-12(10)16/h3-5,7,9H,6,8H2,1-2H3. The van der Waals surface area contributed by atoms with Crippen molar-refractivity contribution in [3.05, 3.63) is 36.3 Å². The van der Waals surface area contributed by atoms with E-state index in [0.717, 1.165) is 10.9 Å². The number of aryl methyl sites for hydroxylation is 1. The van der Waals surface area contributed by atoms with Crippen LogP contribution >= 0.6 is 0 Å². The molecule has 0 atom stereocenters. The number of rotatable bonds is 3. The summed E-state index contributed by atoms with van der Waals surface area (Å²) in [6.07, 6.45) is 2.31. The fraction of sp³-hybridized carbons (Fsp3) is 0.308. The maximum atomic E-state index is 13.1. The molecule has 0 spiro atoms. The lowest BCUT2D eigenvalue weighted by atomic mass is 10.2. The van der Waals surface area contributed by atoms with Crippen LogP contribution in [0.5, 0.6) is 0 Å². The van der Waals surface area contributed by atoms with Crippen molar-refractivity contribution in [2.24, 2.45) is 0 Å². The van der Waals surface area contributed by atoms with Gasteiger partial charge in [0, 0.05) is 33.3 Å². The fourth-order valence-corrected chi connectivity index (χ4v) is 1.79. The van der Waals surface area contributed by atoms with E-state index in [2.05, 4.69) is 0 Å². The van der Waals surface area contributed by atoms with Gasteiger partial charge in [-0.3, -0.25) is 4.79 Å². The largest absolute Gasteiger partial charge is 0.349 e. The van der Waals surface area contributed by atoms with Gasteiger partial charge in [0.15, 0.2) is 0 Å². The van der Waals surface area contributed by atoms with Crippen LogP contribution in [0.15, 0.2) is 30.5 Å². The molecule has 0 fully saturated rings. The predicted octanol–water partition coefficient (Wildman–Crippen LogP) is 2.26. The molecule has 4 heteroatoms. The summed E-state index contributed by atoms with van der Waals surface area (Å²) >= 11 is 0. The van der Waals surface area contributed by atoms with Gasteiger partial charge in [0.1, 0.15) is 5.82 Å². The van der Waals surface area contributed by atoms with E-state index in [4.69, 9.17) is 0 Å². The summed E-state index contributed by atoms with van der Waals surface area (Å²) in [4.78, 5) is 13.0. The zero-order valence-electron chi connectivity index (χ0n) is 9.98. The second kappa shape index (κ2) is 4.57. The van der Waals surface area contributed by atoms with Crippen molar-refractivity contribution in [3.8, 4) is 0 Å². The molecule has 1 amide bonds. The third-order valence-corrected chi connectivity index (χ3v) is 2.80. The van der Waals surface area contributed by atoms with Gasteiger partial charge in [0.05, 0.1) is 5.52 Å². The van der Waals surface area contributed by atoms with Crippen LogP contribution in [0, 0.1) is 5.82 Å². The molecular formula is C13H15FN2O. The lowest BCUT2D eigenvalue weighted by Crippen LogP contribution is -2.22. The Bertz CT molecular complexity index is 545. The van der Waals surface area contributed by atoms with Crippen molar-refractivity contribution in [2.75, 3.05) is 14.1 Å². The van der Waals surface area contributed by atoms with Gasteiger partial charge in [-0.15, -0.1) is 0 Å². The van der Waals surface area contributed by atoms with Gasteiger partial charge in [-0.1, -0.05) is 0 Å². The second-order valence-electron chi connectivity index (χ2n) is 4.25. The van der Waals surface area contributed by atoms with Crippen molar-refractivity contribution in [3.63, 3.8) is 0 Å². The van der Waals surface area contributed by atoms with Crippen molar-refractivity contribution < 1.29 is 9.18 Å². The molecule has 0 unspecified atom stereocenters. The Morgan fingerprint density at radius 1 is 1.35 bits per heavy atom. The van der Waals surface area contributed by atoms with E-state index in [1.807, 2.05) is 16.8 Å². The zero-order valence-corrected chi connectivity index (χ0v) is 9.98. The third kappa shape index (κ3) is 2.46. The van der Waals surface area contributed by atoms with Gasteiger partial charge >= 0.3 is 0 Å². The molecule has 0 N–H and O–H groups in total. The van der Waals surface area contributed by atoms with Crippen LogP contribution in [0.3, 0.4) is 0 Å². The highest BCUT2D eigenvalue weighted by Crippen LogP contribution is 2.17. The van der Waals surface area contributed by atoms with Gasteiger partial charge < -0.3 is 9.47 Å². The highest BCUT2D eigenvalue weighted by Gasteiger charge is 2.06. The molecule has 17 heavy (non-hydrogen) atoms. The summed E-state index contributed by atoms with van der Waals surface area (Å²) in [5.74, 6) is -0.181. The number of fused-ring (bicyclic) bond motifs is 1. The van der Waals surface area contributed by atoms with E-state index in [1.165, 1.54) is 12.1 Å². The number of hydrogen-bond donors (Lipinski definition) is 0. The molecule has 2 aromatic rings. The SMILES string of the molecule is CN(C)C(=O)CCn1ccc2ccc(F)cc21. The highest BCUT2D eigenvalue weighted by molar-refractivity contribution is 5.80. The summed E-state index contributed by atoms with van der Waals surface area (Å²) in [6, 6.07) is 6.61. The first-order valence-electron chi connectivity index (χ1n) is 5.52.